The summed E-state index contributed by atoms with van der Waals surface area (Å²) < 4.78 is 11.2. The predicted molar refractivity (Wildman–Crippen MR) is 69.7 cm³/mol. The van der Waals surface area contributed by atoms with Crippen LogP contribution in [0.15, 0.2) is 18.2 Å². The first kappa shape index (κ1) is 14.0. The molecule has 0 aromatic heterocycles. The van der Waals surface area contributed by atoms with Crippen LogP contribution in [-0.2, 0) is 10.8 Å². The molecule has 0 aliphatic heterocycles. The average Bonchev–Trinajstić information content (AvgIpc) is 2.31. The number of nitrogens with one attached hydrogen (secondary N) is 1. The minimum Gasteiger partial charge on any atom is -0.508 e. The number of phenolic OH excluding ortho intramolecular Hbond substituents is 2. The molecule has 17 heavy (non-hydrogen) atoms. The molecule has 96 valence electrons. The van der Waals surface area contributed by atoms with Crippen molar-refractivity contribution in [2.75, 3.05) is 18.1 Å². The lowest BCUT2D eigenvalue weighted by molar-refractivity contribution is 0.442. The van der Waals surface area contributed by atoms with Crippen molar-refractivity contribution >= 4 is 10.8 Å². The molecule has 4 nitrogen and oxygen atoms in total. The van der Waals surface area contributed by atoms with E-state index in [1.54, 1.807) is 0 Å². The summed E-state index contributed by atoms with van der Waals surface area (Å²) in [4.78, 5) is 0. The van der Waals surface area contributed by atoms with Gasteiger partial charge in [-0.05, 0) is 25.1 Å². The highest BCUT2D eigenvalue weighted by Crippen LogP contribution is 2.27. The van der Waals surface area contributed by atoms with E-state index in [1.807, 2.05) is 13.8 Å². The maximum atomic E-state index is 11.2. The molecule has 2 atom stereocenters. The molecule has 5 heteroatoms. The number of phenols is 2. The number of hydrogen-bond donors (Lipinski definition) is 3. The summed E-state index contributed by atoms with van der Waals surface area (Å²) >= 11 is 0. The normalized spacial score (nSPS) is 14.5. The van der Waals surface area contributed by atoms with Crippen molar-refractivity contribution in [2.45, 2.75) is 19.9 Å². The van der Waals surface area contributed by atoms with Crippen molar-refractivity contribution < 1.29 is 14.4 Å². The molecule has 1 rings (SSSR count). The molecule has 0 radical (unpaired) electrons. The lowest BCUT2D eigenvalue weighted by Gasteiger charge is -2.15. The largest absolute Gasteiger partial charge is 0.508 e. The third-order valence-electron chi connectivity index (χ3n) is 2.58. The molecule has 0 saturated carbocycles. The Labute approximate surface area is 104 Å². The number of rotatable bonds is 6. The molecule has 2 unspecified atom stereocenters. The zero-order valence-electron chi connectivity index (χ0n) is 10.1. The molecule has 0 spiro atoms. The number of hydrogen-bond acceptors (Lipinski definition) is 4. The zero-order valence-corrected chi connectivity index (χ0v) is 11.0. The van der Waals surface area contributed by atoms with Crippen LogP contribution in [0.3, 0.4) is 0 Å². The van der Waals surface area contributed by atoms with Crippen molar-refractivity contribution in [1.29, 1.82) is 0 Å². The average molecular weight is 257 g/mol. The molecular weight excluding hydrogens is 238 g/mol. The molecule has 1 aromatic rings. The van der Waals surface area contributed by atoms with Crippen molar-refractivity contribution in [3.05, 3.63) is 23.8 Å². The van der Waals surface area contributed by atoms with Crippen LogP contribution >= 0.6 is 0 Å². The Morgan fingerprint density at radius 1 is 1.41 bits per heavy atom. The van der Waals surface area contributed by atoms with Crippen LogP contribution in [0.2, 0.25) is 0 Å². The standard InChI is InChI=1S/C12H19NO3S/c1-3-17(16)7-6-13-9(2)11-8-10(14)4-5-12(11)15/h4-5,8-9,13-15H,3,6-7H2,1-2H3. The summed E-state index contributed by atoms with van der Waals surface area (Å²) in [6.45, 7) is 4.40. The first-order valence-corrected chi connectivity index (χ1v) is 7.13. The summed E-state index contributed by atoms with van der Waals surface area (Å²) in [7, 11) is -0.784. The SMILES string of the molecule is CCS(=O)CCNC(C)c1cc(O)ccc1O. The van der Waals surface area contributed by atoms with E-state index in [4.69, 9.17) is 0 Å². The van der Waals surface area contributed by atoms with E-state index in [0.29, 0.717) is 23.6 Å². The van der Waals surface area contributed by atoms with E-state index < -0.39 is 10.8 Å². The van der Waals surface area contributed by atoms with Crippen LogP contribution in [0.5, 0.6) is 11.5 Å². The van der Waals surface area contributed by atoms with Gasteiger partial charge in [0.15, 0.2) is 0 Å². The molecule has 0 bridgehead atoms. The summed E-state index contributed by atoms with van der Waals surface area (Å²) in [5.74, 6) is 1.54. The third kappa shape index (κ3) is 4.36. The van der Waals surface area contributed by atoms with Gasteiger partial charge in [0.05, 0.1) is 0 Å². The fourth-order valence-electron chi connectivity index (χ4n) is 1.53. The van der Waals surface area contributed by atoms with Gasteiger partial charge in [-0.1, -0.05) is 6.92 Å². The van der Waals surface area contributed by atoms with Crippen LogP contribution in [-0.4, -0.2) is 32.5 Å². The highest BCUT2D eigenvalue weighted by Gasteiger charge is 2.10. The minimum absolute atomic E-state index is 0.0871. The van der Waals surface area contributed by atoms with Gasteiger partial charge in [0.2, 0.25) is 0 Å². The molecule has 0 amide bonds. The Morgan fingerprint density at radius 2 is 2.12 bits per heavy atom. The Morgan fingerprint density at radius 3 is 2.76 bits per heavy atom. The maximum Gasteiger partial charge on any atom is 0.120 e. The van der Waals surface area contributed by atoms with E-state index >= 15 is 0 Å². The van der Waals surface area contributed by atoms with E-state index in [-0.39, 0.29) is 17.5 Å². The monoisotopic (exact) mass is 257 g/mol. The molecule has 0 heterocycles. The van der Waals surface area contributed by atoms with E-state index in [1.165, 1.54) is 18.2 Å². The lowest BCUT2D eigenvalue weighted by Crippen LogP contribution is -2.24. The molecule has 0 saturated heterocycles. The van der Waals surface area contributed by atoms with Gasteiger partial charge in [0, 0.05) is 40.5 Å². The van der Waals surface area contributed by atoms with Crippen LogP contribution in [0, 0.1) is 0 Å². The predicted octanol–water partition coefficient (Wildman–Crippen LogP) is 1.52. The zero-order chi connectivity index (χ0) is 12.8. The van der Waals surface area contributed by atoms with Crippen LogP contribution in [0.1, 0.15) is 25.5 Å². The van der Waals surface area contributed by atoms with Crippen LogP contribution in [0.4, 0.5) is 0 Å². The smallest absolute Gasteiger partial charge is 0.120 e. The molecule has 0 aliphatic carbocycles. The second kappa shape index (κ2) is 6.61. The Kier molecular flexibility index (Phi) is 5.44. The summed E-state index contributed by atoms with van der Waals surface area (Å²) in [5.41, 5.74) is 0.646. The van der Waals surface area contributed by atoms with Crippen molar-refractivity contribution in [3.63, 3.8) is 0 Å². The van der Waals surface area contributed by atoms with Gasteiger partial charge in [0.1, 0.15) is 11.5 Å². The lowest BCUT2D eigenvalue weighted by atomic mass is 10.1. The van der Waals surface area contributed by atoms with Gasteiger partial charge in [-0.3, -0.25) is 4.21 Å². The van der Waals surface area contributed by atoms with Gasteiger partial charge >= 0.3 is 0 Å². The third-order valence-corrected chi connectivity index (χ3v) is 3.88. The quantitative estimate of drug-likeness (QED) is 0.676. The van der Waals surface area contributed by atoms with Gasteiger partial charge < -0.3 is 15.5 Å². The second-order valence-corrected chi connectivity index (χ2v) is 5.72. The van der Waals surface area contributed by atoms with Crippen molar-refractivity contribution in [2.24, 2.45) is 0 Å². The first-order chi connectivity index (χ1) is 8.04. The molecule has 0 aliphatic rings. The van der Waals surface area contributed by atoms with E-state index in [2.05, 4.69) is 5.32 Å². The van der Waals surface area contributed by atoms with E-state index in [0.717, 1.165) is 0 Å². The molecule has 3 N–H and O–H groups in total. The maximum absolute atomic E-state index is 11.2. The van der Waals surface area contributed by atoms with Crippen LogP contribution < -0.4 is 5.32 Å². The van der Waals surface area contributed by atoms with Gasteiger partial charge in [0.25, 0.3) is 0 Å². The van der Waals surface area contributed by atoms with Gasteiger partial charge in [-0.25, -0.2) is 0 Å². The Hall–Kier alpha value is -1.07. The van der Waals surface area contributed by atoms with E-state index in [9.17, 15) is 14.4 Å². The summed E-state index contributed by atoms with van der Waals surface area (Å²) in [5, 5.41) is 22.2. The van der Waals surface area contributed by atoms with Crippen molar-refractivity contribution in [1.82, 2.24) is 5.32 Å². The molecule has 1 aromatic carbocycles. The summed E-state index contributed by atoms with van der Waals surface area (Å²) in [6.07, 6.45) is 0. The Balaban J connectivity index is 2.54. The highest BCUT2D eigenvalue weighted by atomic mass is 32.2. The highest BCUT2D eigenvalue weighted by molar-refractivity contribution is 7.84. The Bertz CT molecular complexity index is 395. The first-order valence-electron chi connectivity index (χ1n) is 5.64. The minimum atomic E-state index is -0.784. The number of aromatic hydroxyl groups is 2. The van der Waals surface area contributed by atoms with Gasteiger partial charge in [-0.2, -0.15) is 0 Å². The summed E-state index contributed by atoms with van der Waals surface area (Å²) in [6, 6.07) is 4.35. The molecule has 0 fully saturated rings. The fourth-order valence-corrected chi connectivity index (χ4v) is 2.17. The van der Waals surface area contributed by atoms with Gasteiger partial charge in [-0.15, -0.1) is 0 Å². The van der Waals surface area contributed by atoms with Crippen molar-refractivity contribution in [3.8, 4) is 11.5 Å². The second-order valence-electron chi connectivity index (χ2n) is 3.85. The number of benzene rings is 1. The fraction of sp³-hybridized carbons (Fsp3) is 0.500. The molecular formula is C12H19NO3S. The van der Waals surface area contributed by atoms with Crippen LogP contribution in [0.25, 0.3) is 0 Å². The topological polar surface area (TPSA) is 69.6 Å².